The topological polar surface area (TPSA) is 104 Å². The number of likely N-dealkylation sites (N-methyl/N-ethyl adjacent to an activating group) is 1. The van der Waals surface area contributed by atoms with Crippen molar-refractivity contribution in [3.8, 4) is 0 Å². The maximum atomic E-state index is 13.7. The molecule has 1 N–H and O–H groups in total. The van der Waals surface area contributed by atoms with Crippen molar-refractivity contribution in [2.24, 2.45) is 0 Å². The van der Waals surface area contributed by atoms with Crippen molar-refractivity contribution in [3.63, 3.8) is 0 Å². The van der Waals surface area contributed by atoms with Gasteiger partial charge in [0, 0.05) is 37.5 Å². The fourth-order valence-corrected chi connectivity index (χ4v) is 6.21. The van der Waals surface area contributed by atoms with Crippen LogP contribution < -0.4 is 5.32 Å². The molecule has 0 aliphatic carbocycles. The van der Waals surface area contributed by atoms with Crippen LogP contribution in [0.4, 0.5) is 0 Å². The standard InChI is InChI=1S/C28H28ClN3O5S/c1-2-30-27(34)24(18-20-10-4-3-5-11-20)31(19-21-12-6-8-14-23(21)29)26(33)16-17-32-28(35)22-13-7-9-15-25(22)38(32,36)37/h3-15,24H,2,16-19H2,1H3,(H,30,34)/t24-/m1/s1. The molecule has 1 heterocycles. The van der Waals surface area contributed by atoms with Gasteiger partial charge in [-0.25, -0.2) is 12.7 Å². The van der Waals surface area contributed by atoms with Gasteiger partial charge in [-0.1, -0.05) is 72.3 Å². The summed E-state index contributed by atoms with van der Waals surface area (Å²) in [5.41, 5.74) is 1.58. The summed E-state index contributed by atoms with van der Waals surface area (Å²) in [6.45, 7) is 1.85. The van der Waals surface area contributed by atoms with Crippen LogP contribution in [0.1, 0.15) is 34.8 Å². The predicted octanol–water partition coefficient (Wildman–Crippen LogP) is 3.65. The van der Waals surface area contributed by atoms with Gasteiger partial charge in [0.05, 0.1) is 5.56 Å². The van der Waals surface area contributed by atoms with Crippen molar-refractivity contribution in [3.05, 3.63) is 101 Å². The maximum absolute atomic E-state index is 13.7. The smallest absolute Gasteiger partial charge is 0.269 e. The third kappa shape index (κ3) is 5.74. The largest absolute Gasteiger partial charge is 0.355 e. The van der Waals surface area contributed by atoms with Crippen LogP contribution in [0.15, 0.2) is 83.8 Å². The predicted molar refractivity (Wildman–Crippen MR) is 144 cm³/mol. The number of nitrogens with one attached hydrogen (secondary N) is 1. The second kappa shape index (κ2) is 11.8. The molecule has 8 nitrogen and oxygen atoms in total. The molecule has 10 heteroatoms. The number of carbonyl (C=O) groups excluding carboxylic acids is 3. The van der Waals surface area contributed by atoms with Crippen molar-refractivity contribution in [2.75, 3.05) is 13.1 Å². The van der Waals surface area contributed by atoms with Crippen LogP contribution in [0.3, 0.4) is 0 Å². The van der Waals surface area contributed by atoms with Crippen molar-refractivity contribution < 1.29 is 22.8 Å². The van der Waals surface area contributed by atoms with Crippen LogP contribution in [0.2, 0.25) is 5.02 Å². The maximum Gasteiger partial charge on any atom is 0.269 e. The molecule has 1 aliphatic rings. The van der Waals surface area contributed by atoms with E-state index < -0.39 is 27.9 Å². The number of hydrogen-bond donors (Lipinski definition) is 1. The number of nitrogens with zero attached hydrogens (tertiary/aromatic N) is 2. The van der Waals surface area contributed by atoms with Crippen molar-refractivity contribution in [1.82, 2.24) is 14.5 Å². The minimum absolute atomic E-state index is 0.0358. The molecule has 0 aromatic heterocycles. The van der Waals surface area contributed by atoms with Gasteiger partial charge in [-0.15, -0.1) is 0 Å². The number of carbonyl (C=O) groups is 3. The van der Waals surface area contributed by atoms with E-state index in [0.29, 0.717) is 17.1 Å². The van der Waals surface area contributed by atoms with Gasteiger partial charge in [0.2, 0.25) is 11.8 Å². The molecule has 4 rings (SSSR count). The summed E-state index contributed by atoms with van der Waals surface area (Å²) in [5.74, 6) is -1.49. The summed E-state index contributed by atoms with van der Waals surface area (Å²) >= 11 is 6.40. The summed E-state index contributed by atoms with van der Waals surface area (Å²) in [6.07, 6.45) is -0.0522. The van der Waals surface area contributed by atoms with Crippen LogP contribution in [-0.4, -0.2) is 54.5 Å². The number of fused-ring (bicyclic) bond motifs is 1. The minimum Gasteiger partial charge on any atom is -0.355 e. The quantitative estimate of drug-likeness (QED) is 0.413. The highest BCUT2D eigenvalue weighted by Crippen LogP contribution is 2.30. The molecule has 0 unspecified atom stereocenters. The summed E-state index contributed by atoms with van der Waals surface area (Å²) in [7, 11) is -4.06. The first-order valence-electron chi connectivity index (χ1n) is 12.2. The second-order valence-corrected chi connectivity index (χ2v) is 11.1. The van der Waals surface area contributed by atoms with Gasteiger partial charge in [-0.2, -0.15) is 0 Å². The Hall–Kier alpha value is -3.69. The SMILES string of the molecule is CCNC(=O)[C@@H](Cc1ccccc1)N(Cc1ccccc1Cl)C(=O)CCN1C(=O)c2ccccc2S1(=O)=O. The van der Waals surface area contributed by atoms with Gasteiger partial charge in [0.1, 0.15) is 10.9 Å². The molecule has 0 saturated carbocycles. The molecule has 3 aromatic rings. The van der Waals surface area contributed by atoms with E-state index in [2.05, 4.69) is 5.32 Å². The van der Waals surface area contributed by atoms with Crippen molar-refractivity contribution >= 4 is 39.3 Å². The first kappa shape index (κ1) is 27.3. The first-order valence-corrected chi connectivity index (χ1v) is 14.1. The zero-order valence-electron chi connectivity index (χ0n) is 20.8. The molecule has 0 fully saturated rings. The highest BCUT2D eigenvalue weighted by molar-refractivity contribution is 7.90. The average Bonchev–Trinajstić information content (AvgIpc) is 3.11. The van der Waals surface area contributed by atoms with Gasteiger partial charge < -0.3 is 10.2 Å². The van der Waals surface area contributed by atoms with Crippen molar-refractivity contribution in [2.45, 2.75) is 37.2 Å². The Morgan fingerprint density at radius 1 is 0.974 bits per heavy atom. The van der Waals surface area contributed by atoms with E-state index in [1.807, 2.05) is 30.3 Å². The number of halogens is 1. The Morgan fingerprint density at radius 2 is 1.63 bits per heavy atom. The lowest BCUT2D eigenvalue weighted by atomic mass is 10.0. The van der Waals surface area contributed by atoms with E-state index in [9.17, 15) is 22.8 Å². The van der Waals surface area contributed by atoms with Gasteiger partial charge in [-0.3, -0.25) is 14.4 Å². The zero-order valence-corrected chi connectivity index (χ0v) is 22.4. The molecule has 3 amide bonds. The van der Waals surface area contributed by atoms with Crippen LogP contribution in [0, 0.1) is 0 Å². The Bertz CT molecular complexity index is 1450. The zero-order chi connectivity index (χ0) is 27.3. The molecule has 38 heavy (non-hydrogen) atoms. The third-order valence-electron chi connectivity index (χ3n) is 6.36. The van der Waals surface area contributed by atoms with E-state index in [1.165, 1.54) is 17.0 Å². The Balaban J connectivity index is 1.63. The molecule has 3 aromatic carbocycles. The molecule has 0 saturated heterocycles. The fraction of sp³-hybridized carbons (Fsp3) is 0.250. The van der Waals surface area contributed by atoms with Gasteiger partial charge in [-0.05, 0) is 36.2 Å². The van der Waals surface area contributed by atoms with Crippen LogP contribution >= 0.6 is 11.6 Å². The normalized spacial score (nSPS) is 14.6. The molecule has 0 bridgehead atoms. The molecular formula is C28H28ClN3O5S. The molecule has 1 aliphatic heterocycles. The first-order chi connectivity index (χ1) is 18.2. The number of rotatable bonds is 10. The lowest BCUT2D eigenvalue weighted by molar-refractivity contribution is -0.141. The highest BCUT2D eigenvalue weighted by Gasteiger charge is 2.41. The second-order valence-electron chi connectivity index (χ2n) is 8.84. The Kier molecular flexibility index (Phi) is 8.48. The number of amides is 3. The monoisotopic (exact) mass is 553 g/mol. The molecule has 198 valence electrons. The van der Waals surface area contributed by atoms with Crippen LogP contribution in [0.5, 0.6) is 0 Å². The third-order valence-corrected chi connectivity index (χ3v) is 8.57. The van der Waals surface area contributed by atoms with Crippen molar-refractivity contribution in [1.29, 1.82) is 0 Å². The van der Waals surface area contributed by atoms with Crippen LogP contribution in [-0.2, 0) is 32.6 Å². The van der Waals surface area contributed by atoms with E-state index in [1.54, 1.807) is 43.3 Å². The lowest BCUT2D eigenvalue weighted by Crippen LogP contribution is -2.51. The number of benzene rings is 3. The molecule has 1 atom stereocenters. The Morgan fingerprint density at radius 3 is 2.32 bits per heavy atom. The van der Waals surface area contributed by atoms with E-state index in [0.717, 1.165) is 9.87 Å². The molecule has 0 radical (unpaired) electrons. The van der Waals surface area contributed by atoms with Gasteiger partial charge in [0.15, 0.2) is 0 Å². The highest BCUT2D eigenvalue weighted by atomic mass is 35.5. The summed E-state index contributed by atoms with van der Waals surface area (Å²) in [4.78, 5) is 41.1. The van der Waals surface area contributed by atoms with E-state index in [4.69, 9.17) is 11.6 Å². The Labute approximate surface area is 227 Å². The minimum atomic E-state index is -4.06. The average molecular weight is 554 g/mol. The van der Waals surface area contributed by atoms with E-state index >= 15 is 0 Å². The summed E-state index contributed by atoms with van der Waals surface area (Å²) in [6, 6.07) is 21.4. The molecular weight excluding hydrogens is 526 g/mol. The number of sulfonamides is 1. The van der Waals surface area contributed by atoms with Gasteiger partial charge in [0.25, 0.3) is 15.9 Å². The fourth-order valence-electron chi connectivity index (χ4n) is 4.45. The summed E-state index contributed by atoms with van der Waals surface area (Å²) < 4.78 is 26.7. The lowest BCUT2D eigenvalue weighted by Gasteiger charge is -2.32. The summed E-state index contributed by atoms with van der Waals surface area (Å²) in [5, 5.41) is 3.24. The number of hydrogen-bond acceptors (Lipinski definition) is 5. The molecule has 0 spiro atoms. The van der Waals surface area contributed by atoms with Gasteiger partial charge >= 0.3 is 0 Å². The van der Waals surface area contributed by atoms with E-state index in [-0.39, 0.29) is 42.3 Å². The van der Waals surface area contributed by atoms with Crippen LogP contribution in [0.25, 0.3) is 0 Å².